The molecule has 1 N–H and O–H groups in total. The number of hydroxylamine groups is 3. The average Bonchev–Trinajstić information content (AvgIpc) is 2.58. The molecular formula is C19H23NO5. The van der Waals surface area contributed by atoms with E-state index in [2.05, 4.69) is 0 Å². The minimum Gasteiger partial charge on any atom is -0.633 e. The van der Waals surface area contributed by atoms with Crippen LogP contribution in [0.2, 0.25) is 0 Å². The lowest BCUT2D eigenvalue weighted by Crippen LogP contribution is -2.66. The highest BCUT2D eigenvalue weighted by atomic mass is 16.5. The molecule has 25 heavy (non-hydrogen) atoms. The molecule has 4 atom stereocenters. The van der Waals surface area contributed by atoms with Crippen LogP contribution in [0.1, 0.15) is 24.0 Å². The predicted molar refractivity (Wildman–Crippen MR) is 91.1 cm³/mol. The summed E-state index contributed by atoms with van der Waals surface area (Å²) in [5.41, 5.74) is 1.17. The number of allylic oxidation sites excluding steroid dienone is 1. The standard InChI is InChI=1S/C19H23NO5/c1-20(23)7-6-19-10-14(21)16(25-3)9-12(19)13(20)8-11-4-5-15(24-2)18(22)17(11)19/h4-5,9,12-13,22H,6-8,10H2,1-3H3/t12-,13+,19-,20?/m0/s1. The zero-order valence-corrected chi connectivity index (χ0v) is 14.7. The quantitative estimate of drug-likeness (QED) is 0.655. The Balaban J connectivity index is 1.99. The number of rotatable bonds is 2. The van der Waals surface area contributed by atoms with Crippen molar-refractivity contribution in [2.75, 3.05) is 27.8 Å². The summed E-state index contributed by atoms with van der Waals surface area (Å²) in [4.78, 5) is 12.6. The molecule has 2 bridgehead atoms. The molecule has 6 heteroatoms. The number of nitrogens with zero attached hydrogens (tertiary/aromatic N) is 1. The van der Waals surface area contributed by atoms with E-state index >= 15 is 0 Å². The molecule has 4 rings (SSSR count). The molecule has 3 aliphatic rings. The number of ketones is 1. The summed E-state index contributed by atoms with van der Waals surface area (Å²) in [7, 11) is 4.71. The van der Waals surface area contributed by atoms with Gasteiger partial charge >= 0.3 is 0 Å². The largest absolute Gasteiger partial charge is 0.633 e. The number of ether oxygens (including phenoxy) is 2. The van der Waals surface area contributed by atoms with Crippen LogP contribution in [0.3, 0.4) is 0 Å². The summed E-state index contributed by atoms with van der Waals surface area (Å²) in [6.07, 6.45) is 3.20. The van der Waals surface area contributed by atoms with E-state index < -0.39 is 5.41 Å². The number of hydrogen-bond acceptors (Lipinski definition) is 5. The first kappa shape index (κ1) is 16.4. The molecule has 1 aromatic rings. The number of carbonyl (C=O) groups is 1. The Morgan fingerprint density at radius 1 is 1.32 bits per heavy atom. The normalized spacial score (nSPS) is 36.2. The lowest BCUT2D eigenvalue weighted by Gasteiger charge is -2.61. The van der Waals surface area contributed by atoms with Gasteiger partial charge in [-0.15, -0.1) is 0 Å². The fourth-order valence-electron chi connectivity index (χ4n) is 5.18. The monoisotopic (exact) mass is 345 g/mol. The van der Waals surface area contributed by atoms with Crippen LogP contribution in [0, 0.1) is 11.1 Å². The Morgan fingerprint density at radius 3 is 2.76 bits per heavy atom. The van der Waals surface area contributed by atoms with Gasteiger partial charge in [0.25, 0.3) is 0 Å². The molecule has 1 fully saturated rings. The highest BCUT2D eigenvalue weighted by molar-refractivity contribution is 5.96. The second kappa shape index (κ2) is 5.22. The second-order valence-electron chi connectivity index (χ2n) is 7.59. The van der Waals surface area contributed by atoms with Gasteiger partial charge in [-0.1, -0.05) is 6.07 Å². The molecule has 0 radical (unpaired) electrons. The fourth-order valence-corrected chi connectivity index (χ4v) is 5.18. The van der Waals surface area contributed by atoms with Gasteiger partial charge < -0.3 is 24.4 Å². The zero-order valence-electron chi connectivity index (χ0n) is 14.7. The van der Waals surface area contributed by atoms with Gasteiger partial charge in [-0.3, -0.25) is 4.79 Å². The number of quaternary nitrogens is 1. The summed E-state index contributed by atoms with van der Waals surface area (Å²) >= 11 is 0. The predicted octanol–water partition coefficient (Wildman–Crippen LogP) is 2.03. The lowest BCUT2D eigenvalue weighted by atomic mass is 9.53. The number of benzene rings is 1. The molecule has 0 aromatic heterocycles. The summed E-state index contributed by atoms with van der Waals surface area (Å²) in [5.74, 6) is 0.631. The van der Waals surface area contributed by atoms with Crippen molar-refractivity contribution in [3.05, 3.63) is 40.3 Å². The maximum Gasteiger partial charge on any atom is 0.197 e. The molecule has 1 aromatic carbocycles. The molecular weight excluding hydrogens is 322 g/mol. The molecule has 6 nitrogen and oxygen atoms in total. The lowest BCUT2D eigenvalue weighted by molar-refractivity contribution is -0.898. The van der Waals surface area contributed by atoms with E-state index in [1.807, 2.05) is 12.1 Å². The number of likely N-dealkylation sites (tertiary alicyclic amines) is 1. The van der Waals surface area contributed by atoms with Gasteiger partial charge in [0, 0.05) is 36.2 Å². The molecule has 2 aliphatic carbocycles. The maximum absolute atomic E-state index is 13.1. The van der Waals surface area contributed by atoms with Crippen molar-refractivity contribution in [2.45, 2.75) is 30.7 Å². The number of phenolic OH excluding ortho intramolecular Hbond substituents is 1. The first-order valence-electron chi connectivity index (χ1n) is 8.58. The van der Waals surface area contributed by atoms with Gasteiger partial charge in [-0.25, -0.2) is 0 Å². The third kappa shape index (κ3) is 2.07. The minimum absolute atomic E-state index is 0.0745. The SMILES string of the molecule is COC1=C[C@H]2[C@H]3Cc4ccc(OC)c(O)c4[C@@]2(CC[N+]3(C)[O-])CC1=O. The number of aromatic hydroxyl groups is 1. The van der Waals surface area contributed by atoms with Gasteiger partial charge in [0.05, 0.1) is 33.9 Å². The van der Waals surface area contributed by atoms with Gasteiger partial charge in [-0.05, 0) is 17.7 Å². The molecule has 0 amide bonds. The Morgan fingerprint density at radius 2 is 2.08 bits per heavy atom. The third-order valence-corrected chi connectivity index (χ3v) is 6.43. The van der Waals surface area contributed by atoms with Crippen LogP contribution in [-0.2, 0) is 21.4 Å². The van der Waals surface area contributed by atoms with E-state index in [1.54, 1.807) is 13.1 Å². The highest BCUT2D eigenvalue weighted by Gasteiger charge is 2.60. The number of likely N-dealkylation sites (N-methyl/N-ethyl adjacent to an activating group) is 1. The maximum atomic E-state index is 13.1. The van der Waals surface area contributed by atoms with Gasteiger partial charge in [0.15, 0.2) is 23.0 Å². The first-order chi connectivity index (χ1) is 11.8. The Kier molecular flexibility index (Phi) is 3.43. The average molecular weight is 345 g/mol. The number of Topliss-reactive ketones (excluding diaryl/α,β-unsaturated/α-hetero) is 1. The topological polar surface area (TPSA) is 78.8 Å². The Bertz CT molecular complexity index is 784. The summed E-state index contributed by atoms with van der Waals surface area (Å²) in [5, 5.41) is 24.0. The van der Waals surface area contributed by atoms with E-state index in [1.165, 1.54) is 14.2 Å². The van der Waals surface area contributed by atoms with Gasteiger partial charge in [0.2, 0.25) is 0 Å². The minimum atomic E-state index is -0.557. The number of carbonyl (C=O) groups excluding carboxylic acids is 1. The summed E-state index contributed by atoms with van der Waals surface area (Å²) in [6.45, 7) is 0.431. The zero-order chi connectivity index (χ0) is 18.0. The smallest absolute Gasteiger partial charge is 0.197 e. The van der Waals surface area contributed by atoms with Crippen molar-refractivity contribution >= 4 is 5.78 Å². The van der Waals surface area contributed by atoms with Crippen molar-refractivity contribution < 1.29 is 24.0 Å². The van der Waals surface area contributed by atoms with Crippen molar-refractivity contribution in [1.82, 2.24) is 0 Å². The van der Waals surface area contributed by atoms with Crippen LogP contribution in [-0.4, -0.2) is 49.4 Å². The van der Waals surface area contributed by atoms with E-state index in [0.717, 1.165) is 11.1 Å². The number of fused-ring (bicyclic) bond motifs is 1. The third-order valence-electron chi connectivity index (χ3n) is 6.43. The van der Waals surface area contributed by atoms with Crippen molar-refractivity contribution in [1.29, 1.82) is 0 Å². The molecule has 1 saturated heterocycles. The van der Waals surface area contributed by atoms with E-state index in [4.69, 9.17) is 9.47 Å². The van der Waals surface area contributed by atoms with Crippen LogP contribution in [0.15, 0.2) is 24.0 Å². The van der Waals surface area contributed by atoms with Crippen molar-refractivity contribution in [3.63, 3.8) is 0 Å². The Labute approximate surface area is 146 Å². The number of hydrogen-bond donors (Lipinski definition) is 1. The van der Waals surface area contributed by atoms with E-state index in [-0.39, 0.29) is 34.6 Å². The summed E-state index contributed by atoms with van der Waals surface area (Å²) < 4.78 is 10.2. The van der Waals surface area contributed by atoms with E-state index in [9.17, 15) is 15.1 Å². The van der Waals surface area contributed by atoms with Crippen LogP contribution < -0.4 is 4.74 Å². The Hall–Kier alpha value is -2.05. The fraction of sp³-hybridized carbons (Fsp3) is 0.526. The number of phenols is 1. The van der Waals surface area contributed by atoms with Gasteiger partial charge in [-0.2, -0.15) is 0 Å². The highest BCUT2D eigenvalue weighted by Crippen LogP contribution is 2.58. The van der Waals surface area contributed by atoms with Crippen molar-refractivity contribution in [2.24, 2.45) is 5.92 Å². The molecule has 134 valence electrons. The van der Waals surface area contributed by atoms with Crippen LogP contribution in [0.25, 0.3) is 0 Å². The van der Waals surface area contributed by atoms with Crippen molar-refractivity contribution in [3.8, 4) is 11.5 Å². The van der Waals surface area contributed by atoms with Gasteiger partial charge in [0.1, 0.15) is 0 Å². The second-order valence-corrected chi connectivity index (χ2v) is 7.59. The molecule has 1 unspecified atom stereocenters. The number of piperidine rings is 1. The molecule has 0 spiro atoms. The first-order valence-corrected chi connectivity index (χ1v) is 8.58. The molecule has 1 heterocycles. The van der Waals surface area contributed by atoms with Crippen LogP contribution >= 0.6 is 0 Å². The molecule has 0 saturated carbocycles. The van der Waals surface area contributed by atoms with Crippen LogP contribution in [0.4, 0.5) is 0 Å². The summed E-state index contributed by atoms with van der Waals surface area (Å²) in [6, 6.07) is 3.47. The van der Waals surface area contributed by atoms with Crippen LogP contribution in [0.5, 0.6) is 11.5 Å². The number of methoxy groups -OCH3 is 2. The van der Waals surface area contributed by atoms with E-state index in [0.29, 0.717) is 30.9 Å². The molecule has 1 aliphatic heterocycles.